The van der Waals surface area contributed by atoms with Crippen LogP contribution in [0.4, 0.5) is 0 Å². The third kappa shape index (κ3) is 6.27. The third-order valence-corrected chi connectivity index (χ3v) is 6.07. The molecule has 178 valence electrons. The number of hydrogen-bond donors (Lipinski definition) is 2. The zero-order valence-corrected chi connectivity index (χ0v) is 19.7. The second-order valence-corrected chi connectivity index (χ2v) is 8.64. The van der Waals surface area contributed by atoms with E-state index in [2.05, 4.69) is 29.2 Å². The second-order valence-electron chi connectivity index (χ2n) is 8.64. The molecule has 0 unspecified atom stereocenters. The average molecular weight is 468 g/mol. The predicted molar refractivity (Wildman–Crippen MR) is 137 cm³/mol. The van der Waals surface area contributed by atoms with Crippen LogP contribution >= 0.6 is 0 Å². The van der Waals surface area contributed by atoms with Crippen LogP contribution in [0.15, 0.2) is 102 Å². The van der Waals surface area contributed by atoms with E-state index in [-0.39, 0.29) is 11.5 Å². The molecular weight excluding hydrogens is 438 g/mol. The summed E-state index contributed by atoms with van der Waals surface area (Å²) >= 11 is 0. The molecule has 2 N–H and O–H groups in total. The van der Waals surface area contributed by atoms with E-state index in [4.69, 9.17) is 9.84 Å². The van der Waals surface area contributed by atoms with Gasteiger partial charge in [-0.15, -0.1) is 0 Å². The van der Waals surface area contributed by atoms with E-state index in [0.29, 0.717) is 12.2 Å². The summed E-state index contributed by atoms with van der Waals surface area (Å²) in [5, 5.41) is 9.06. The van der Waals surface area contributed by atoms with Crippen molar-refractivity contribution >= 4 is 5.97 Å². The van der Waals surface area contributed by atoms with Gasteiger partial charge < -0.3 is 14.8 Å². The van der Waals surface area contributed by atoms with E-state index in [0.717, 1.165) is 29.5 Å². The summed E-state index contributed by atoms with van der Waals surface area (Å²) in [5.41, 5.74) is 5.12. The molecule has 0 aliphatic rings. The maximum atomic E-state index is 12.6. The summed E-state index contributed by atoms with van der Waals surface area (Å²) in [6, 6.07) is 30.1. The number of nitrogens with one attached hydrogen (secondary N) is 1. The van der Waals surface area contributed by atoms with Gasteiger partial charge in [0.2, 0.25) is 0 Å². The summed E-state index contributed by atoms with van der Waals surface area (Å²) in [6.07, 6.45) is 3.08. The van der Waals surface area contributed by atoms with Crippen LogP contribution in [0.2, 0.25) is 0 Å². The minimum absolute atomic E-state index is 0.0260. The van der Waals surface area contributed by atoms with Crippen molar-refractivity contribution in [3.63, 3.8) is 0 Å². The summed E-state index contributed by atoms with van der Waals surface area (Å²) in [4.78, 5) is 26.6. The third-order valence-electron chi connectivity index (χ3n) is 6.07. The van der Waals surface area contributed by atoms with Crippen LogP contribution in [0, 0.1) is 0 Å². The maximum Gasteiger partial charge on any atom is 0.344 e. The number of aromatic amines is 1. The van der Waals surface area contributed by atoms with Crippen molar-refractivity contribution in [2.24, 2.45) is 0 Å². The van der Waals surface area contributed by atoms with Gasteiger partial charge in [-0.1, -0.05) is 72.8 Å². The Morgan fingerprint density at radius 3 is 2.14 bits per heavy atom. The van der Waals surface area contributed by atoms with Crippen molar-refractivity contribution < 1.29 is 14.6 Å². The van der Waals surface area contributed by atoms with Gasteiger partial charge in [0.1, 0.15) is 5.75 Å². The number of H-pyrrole nitrogens is 1. The van der Waals surface area contributed by atoms with E-state index < -0.39 is 12.1 Å². The maximum absolute atomic E-state index is 12.6. The molecule has 0 aliphatic heterocycles. The summed E-state index contributed by atoms with van der Waals surface area (Å²) < 4.78 is 5.47. The quantitative estimate of drug-likeness (QED) is 0.319. The lowest BCUT2D eigenvalue weighted by atomic mass is 9.85. The monoisotopic (exact) mass is 467 g/mol. The molecule has 0 saturated heterocycles. The van der Waals surface area contributed by atoms with Crippen LogP contribution in [0.25, 0.3) is 0 Å². The Morgan fingerprint density at radius 2 is 1.51 bits per heavy atom. The average Bonchev–Trinajstić information content (AvgIpc) is 2.87. The second kappa shape index (κ2) is 11.3. The first-order valence-corrected chi connectivity index (χ1v) is 11.8. The highest BCUT2D eigenvalue weighted by Gasteiger charge is 2.18. The number of aromatic nitrogens is 1. The first-order chi connectivity index (χ1) is 17.0. The van der Waals surface area contributed by atoms with Crippen molar-refractivity contribution in [3.05, 3.63) is 135 Å². The van der Waals surface area contributed by atoms with Gasteiger partial charge in [0.05, 0.1) is 0 Å². The van der Waals surface area contributed by atoms with Crippen LogP contribution in [0.3, 0.4) is 0 Å². The largest absolute Gasteiger partial charge is 0.479 e. The molecule has 0 amide bonds. The van der Waals surface area contributed by atoms with Gasteiger partial charge in [0, 0.05) is 17.7 Å². The highest BCUT2D eigenvalue weighted by atomic mass is 16.5. The molecule has 4 aromatic rings. The zero-order valence-electron chi connectivity index (χ0n) is 19.7. The van der Waals surface area contributed by atoms with E-state index in [1.807, 2.05) is 66.9 Å². The lowest BCUT2D eigenvalue weighted by molar-refractivity contribution is -0.144. The Labute approximate surface area is 205 Å². The van der Waals surface area contributed by atoms with Gasteiger partial charge >= 0.3 is 5.97 Å². The molecule has 1 atom stereocenters. The first kappa shape index (κ1) is 24.0. The van der Waals surface area contributed by atoms with Crippen molar-refractivity contribution in [1.29, 1.82) is 0 Å². The number of carbonyl (C=O) groups is 1. The Hall–Kier alpha value is -4.12. The predicted octanol–water partition coefficient (Wildman–Crippen LogP) is 5.58. The number of hydrogen-bond acceptors (Lipinski definition) is 3. The van der Waals surface area contributed by atoms with Crippen LogP contribution in [-0.2, 0) is 17.6 Å². The molecule has 1 aromatic heterocycles. The number of carboxylic acids is 1. The number of aryl methyl sites for hydroxylation is 2. The molecule has 4 rings (SSSR count). The molecule has 5 heteroatoms. The molecule has 0 radical (unpaired) electrons. The molecule has 1 heterocycles. The standard InChI is InChI=1S/C30H29NO4/c1-21(30(33)34)35-27-17-9-11-22(18-27)10-8-16-25-19-26(20-31-29(25)32)28(23-12-4-2-5-13-23)24-14-6-3-7-15-24/h2-7,9,11-15,17-21,28H,8,10,16H2,1H3,(H,31,32)(H,33,34)/t21-/m0/s1. The minimum Gasteiger partial charge on any atom is -0.479 e. The van der Waals surface area contributed by atoms with Crippen LogP contribution in [0.1, 0.15) is 47.1 Å². The van der Waals surface area contributed by atoms with Crippen molar-refractivity contribution in [1.82, 2.24) is 4.98 Å². The fourth-order valence-corrected chi connectivity index (χ4v) is 4.28. The lowest BCUT2D eigenvalue weighted by Gasteiger charge is -2.19. The number of rotatable bonds is 10. The Balaban J connectivity index is 1.51. The van der Waals surface area contributed by atoms with Gasteiger partial charge in [-0.2, -0.15) is 0 Å². The fraction of sp³-hybridized carbons (Fsp3) is 0.200. The van der Waals surface area contributed by atoms with E-state index in [1.165, 1.54) is 18.1 Å². The fourth-order valence-electron chi connectivity index (χ4n) is 4.28. The molecule has 35 heavy (non-hydrogen) atoms. The van der Waals surface area contributed by atoms with Gasteiger partial charge in [-0.25, -0.2) is 4.79 Å². The zero-order chi connectivity index (χ0) is 24.6. The molecule has 0 spiro atoms. The van der Waals surface area contributed by atoms with E-state index >= 15 is 0 Å². The Morgan fingerprint density at radius 1 is 0.857 bits per heavy atom. The van der Waals surface area contributed by atoms with Crippen molar-refractivity contribution in [2.75, 3.05) is 0 Å². The number of aliphatic carboxylic acids is 1. The molecule has 0 aliphatic carbocycles. The number of pyridine rings is 1. The van der Waals surface area contributed by atoms with E-state index in [9.17, 15) is 9.59 Å². The molecule has 0 fully saturated rings. The first-order valence-electron chi connectivity index (χ1n) is 11.8. The number of ether oxygens (including phenoxy) is 1. The topological polar surface area (TPSA) is 79.4 Å². The minimum atomic E-state index is -1.00. The van der Waals surface area contributed by atoms with Gasteiger partial charge in [0.25, 0.3) is 5.56 Å². The van der Waals surface area contributed by atoms with Gasteiger partial charge in [0.15, 0.2) is 6.10 Å². The Bertz CT molecular complexity index is 1280. The molecule has 0 bridgehead atoms. The van der Waals surface area contributed by atoms with Crippen LogP contribution in [-0.4, -0.2) is 22.2 Å². The smallest absolute Gasteiger partial charge is 0.344 e. The molecule has 5 nitrogen and oxygen atoms in total. The highest BCUT2D eigenvalue weighted by molar-refractivity contribution is 5.72. The SMILES string of the molecule is C[C@H](Oc1cccc(CCCc2cc(C(c3ccccc3)c3ccccc3)c[nH]c2=O)c1)C(=O)O. The molecule has 3 aromatic carbocycles. The molecular formula is C30H29NO4. The van der Waals surface area contributed by atoms with Crippen molar-refractivity contribution in [3.8, 4) is 5.75 Å². The van der Waals surface area contributed by atoms with E-state index in [1.54, 1.807) is 6.07 Å². The summed E-state index contributed by atoms with van der Waals surface area (Å²) in [5.74, 6) is -0.442. The highest BCUT2D eigenvalue weighted by Crippen LogP contribution is 2.31. The van der Waals surface area contributed by atoms with Crippen LogP contribution < -0.4 is 10.3 Å². The molecule has 0 saturated carbocycles. The summed E-state index contributed by atoms with van der Waals surface area (Å²) in [6.45, 7) is 1.51. The normalized spacial score (nSPS) is 11.8. The van der Waals surface area contributed by atoms with Crippen molar-refractivity contribution in [2.45, 2.75) is 38.2 Å². The number of carboxylic acid groups (broad SMARTS) is 1. The van der Waals surface area contributed by atoms with Crippen LogP contribution in [0.5, 0.6) is 5.75 Å². The number of benzene rings is 3. The van der Waals surface area contributed by atoms with Gasteiger partial charge in [-0.3, -0.25) is 4.79 Å². The summed E-state index contributed by atoms with van der Waals surface area (Å²) in [7, 11) is 0. The lowest BCUT2D eigenvalue weighted by Crippen LogP contribution is -2.22. The van der Waals surface area contributed by atoms with Gasteiger partial charge in [-0.05, 0) is 66.6 Å². The Kier molecular flexibility index (Phi) is 7.78.